The SMILES string of the molecule is CCCC(CS)(CCC)CN1CC(C)OC(C)(C)C1. The smallest absolute Gasteiger partial charge is 0.0757 e. The molecule has 0 saturated carbocycles. The van der Waals surface area contributed by atoms with Crippen LogP contribution in [0, 0.1) is 5.41 Å². The van der Waals surface area contributed by atoms with Crippen molar-refractivity contribution in [2.45, 2.75) is 72.0 Å². The Morgan fingerprint density at radius 1 is 1.26 bits per heavy atom. The molecule has 0 aromatic rings. The molecule has 1 aliphatic rings. The van der Waals surface area contributed by atoms with Crippen molar-refractivity contribution in [1.82, 2.24) is 4.90 Å². The van der Waals surface area contributed by atoms with Gasteiger partial charge in [-0.25, -0.2) is 0 Å². The van der Waals surface area contributed by atoms with Crippen LogP contribution in [0.3, 0.4) is 0 Å². The molecule has 1 aliphatic heterocycles. The second kappa shape index (κ2) is 7.33. The minimum absolute atomic E-state index is 0.0154. The molecule has 19 heavy (non-hydrogen) atoms. The lowest BCUT2D eigenvalue weighted by atomic mass is 9.80. The summed E-state index contributed by atoms with van der Waals surface area (Å²) in [5.74, 6) is 1.00. The molecule has 0 bridgehead atoms. The van der Waals surface area contributed by atoms with Crippen molar-refractivity contribution < 1.29 is 4.74 Å². The summed E-state index contributed by atoms with van der Waals surface area (Å²) in [4.78, 5) is 2.61. The summed E-state index contributed by atoms with van der Waals surface area (Å²) in [6.07, 6.45) is 5.42. The second-order valence-corrected chi connectivity index (χ2v) is 7.33. The van der Waals surface area contributed by atoms with Crippen molar-refractivity contribution in [3.63, 3.8) is 0 Å². The molecule has 2 nitrogen and oxygen atoms in total. The first-order chi connectivity index (χ1) is 8.86. The Kier molecular flexibility index (Phi) is 6.68. The van der Waals surface area contributed by atoms with Gasteiger partial charge in [0.1, 0.15) is 0 Å². The lowest BCUT2D eigenvalue weighted by molar-refractivity contribution is -0.134. The van der Waals surface area contributed by atoms with Crippen molar-refractivity contribution in [2.24, 2.45) is 5.41 Å². The molecule has 1 atom stereocenters. The van der Waals surface area contributed by atoms with Crippen molar-refractivity contribution in [2.75, 3.05) is 25.4 Å². The molecular formula is C16H33NOS. The maximum absolute atomic E-state index is 6.01. The fraction of sp³-hybridized carbons (Fsp3) is 1.00. The third kappa shape index (κ3) is 5.28. The highest BCUT2D eigenvalue weighted by Crippen LogP contribution is 2.34. The minimum atomic E-state index is -0.0154. The summed E-state index contributed by atoms with van der Waals surface area (Å²) >= 11 is 4.68. The molecule has 114 valence electrons. The summed E-state index contributed by atoms with van der Waals surface area (Å²) in [6, 6.07) is 0. The number of rotatable bonds is 7. The van der Waals surface area contributed by atoms with Crippen molar-refractivity contribution in [3.8, 4) is 0 Å². The average Bonchev–Trinajstić information content (AvgIpc) is 2.26. The van der Waals surface area contributed by atoms with Crippen LogP contribution in [0.4, 0.5) is 0 Å². The van der Waals surface area contributed by atoms with Gasteiger partial charge in [0.15, 0.2) is 0 Å². The lowest BCUT2D eigenvalue weighted by Crippen LogP contribution is -2.54. The van der Waals surface area contributed by atoms with Crippen molar-refractivity contribution >= 4 is 12.6 Å². The zero-order chi connectivity index (χ0) is 14.5. The molecule has 0 aromatic heterocycles. The first kappa shape index (κ1) is 17.3. The van der Waals surface area contributed by atoms with Crippen LogP contribution in [0.1, 0.15) is 60.3 Å². The third-order valence-corrected chi connectivity index (χ3v) is 4.77. The Balaban J connectivity index is 2.72. The van der Waals surface area contributed by atoms with Gasteiger partial charge in [-0.2, -0.15) is 12.6 Å². The van der Waals surface area contributed by atoms with E-state index >= 15 is 0 Å². The van der Waals surface area contributed by atoms with Crippen LogP contribution in [0.5, 0.6) is 0 Å². The molecule has 1 heterocycles. The highest BCUT2D eigenvalue weighted by atomic mass is 32.1. The van der Waals surface area contributed by atoms with Crippen LogP contribution >= 0.6 is 12.6 Å². The normalized spacial score (nSPS) is 24.6. The molecule has 3 heteroatoms. The Labute approximate surface area is 125 Å². The Bertz CT molecular complexity index is 261. The van der Waals surface area contributed by atoms with Crippen LogP contribution in [0.15, 0.2) is 0 Å². The van der Waals surface area contributed by atoms with Gasteiger partial charge >= 0.3 is 0 Å². The number of nitrogens with zero attached hydrogens (tertiary/aromatic N) is 1. The standard InChI is InChI=1S/C16H33NOS/c1-6-8-16(13-19,9-7-2)12-17-10-14(3)18-15(4,5)11-17/h14,19H,6-13H2,1-5H3. The number of hydrogen-bond donors (Lipinski definition) is 1. The van der Waals surface area contributed by atoms with Gasteiger partial charge in [0.2, 0.25) is 0 Å². The van der Waals surface area contributed by atoms with Crippen LogP contribution in [0.2, 0.25) is 0 Å². The second-order valence-electron chi connectivity index (χ2n) is 7.02. The highest BCUT2D eigenvalue weighted by molar-refractivity contribution is 7.80. The first-order valence-corrected chi connectivity index (χ1v) is 8.50. The molecule has 0 amide bonds. The van der Waals surface area contributed by atoms with E-state index in [-0.39, 0.29) is 5.60 Å². The van der Waals surface area contributed by atoms with Crippen LogP contribution in [-0.4, -0.2) is 42.0 Å². The molecule has 1 rings (SSSR count). The van der Waals surface area contributed by atoms with Gasteiger partial charge in [-0.05, 0) is 44.8 Å². The molecule has 1 saturated heterocycles. The Morgan fingerprint density at radius 3 is 2.26 bits per heavy atom. The number of hydrogen-bond acceptors (Lipinski definition) is 3. The highest BCUT2D eigenvalue weighted by Gasteiger charge is 2.36. The zero-order valence-corrected chi connectivity index (χ0v) is 14.4. The van der Waals surface area contributed by atoms with Gasteiger partial charge in [0, 0.05) is 19.6 Å². The van der Waals surface area contributed by atoms with E-state index in [4.69, 9.17) is 4.74 Å². The largest absolute Gasteiger partial charge is 0.370 e. The van der Waals surface area contributed by atoms with Gasteiger partial charge in [0.05, 0.1) is 11.7 Å². The third-order valence-electron chi connectivity index (χ3n) is 4.10. The van der Waals surface area contributed by atoms with Crippen molar-refractivity contribution in [1.29, 1.82) is 0 Å². The first-order valence-electron chi connectivity index (χ1n) is 7.87. The van der Waals surface area contributed by atoms with Gasteiger partial charge in [0.25, 0.3) is 0 Å². The summed E-state index contributed by atoms with van der Waals surface area (Å²) in [6.45, 7) is 14.5. The van der Waals surface area contributed by atoms with Gasteiger partial charge in [-0.15, -0.1) is 0 Å². The topological polar surface area (TPSA) is 12.5 Å². The molecule has 0 aromatic carbocycles. The summed E-state index contributed by atoms with van der Waals surface area (Å²) in [7, 11) is 0. The molecule has 1 fully saturated rings. The van der Waals surface area contributed by atoms with Crippen LogP contribution in [0.25, 0.3) is 0 Å². The number of ether oxygens (including phenoxy) is 1. The fourth-order valence-corrected chi connectivity index (χ4v) is 4.15. The monoisotopic (exact) mass is 287 g/mol. The summed E-state index contributed by atoms with van der Waals surface area (Å²) in [5, 5.41) is 0. The Morgan fingerprint density at radius 2 is 1.84 bits per heavy atom. The van der Waals surface area contributed by atoms with Crippen molar-refractivity contribution in [3.05, 3.63) is 0 Å². The van der Waals surface area contributed by atoms with E-state index < -0.39 is 0 Å². The minimum Gasteiger partial charge on any atom is -0.370 e. The van der Waals surface area contributed by atoms with Crippen LogP contribution < -0.4 is 0 Å². The van der Waals surface area contributed by atoms with E-state index in [0.717, 1.165) is 18.8 Å². The van der Waals surface area contributed by atoms with E-state index in [1.165, 1.54) is 32.2 Å². The van der Waals surface area contributed by atoms with Gasteiger partial charge in [-0.3, -0.25) is 4.90 Å². The predicted octanol–water partition coefficient (Wildman–Crippen LogP) is 4.00. The van der Waals surface area contributed by atoms with E-state index in [9.17, 15) is 0 Å². The molecule has 0 N–H and O–H groups in total. The average molecular weight is 288 g/mol. The van der Waals surface area contributed by atoms with Gasteiger partial charge < -0.3 is 4.74 Å². The quantitative estimate of drug-likeness (QED) is 0.711. The summed E-state index contributed by atoms with van der Waals surface area (Å²) in [5.41, 5.74) is 0.373. The van der Waals surface area contributed by atoms with E-state index in [0.29, 0.717) is 11.5 Å². The predicted molar refractivity (Wildman–Crippen MR) is 87.2 cm³/mol. The van der Waals surface area contributed by atoms with Gasteiger partial charge in [-0.1, -0.05) is 26.7 Å². The van der Waals surface area contributed by atoms with E-state index in [1.54, 1.807) is 0 Å². The molecule has 1 unspecified atom stereocenters. The molecule has 0 aliphatic carbocycles. The Hall–Kier alpha value is 0.270. The maximum Gasteiger partial charge on any atom is 0.0757 e. The fourth-order valence-electron chi connectivity index (χ4n) is 3.73. The van der Waals surface area contributed by atoms with Crippen LogP contribution in [-0.2, 0) is 4.74 Å². The number of morpholine rings is 1. The maximum atomic E-state index is 6.01. The number of thiol groups is 1. The summed E-state index contributed by atoms with van der Waals surface area (Å²) < 4.78 is 6.01. The molecular weight excluding hydrogens is 254 g/mol. The van der Waals surface area contributed by atoms with E-state index in [1.807, 2.05) is 0 Å². The lowest BCUT2D eigenvalue weighted by Gasteiger charge is -2.46. The molecule has 0 radical (unpaired) electrons. The molecule has 0 spiro atoms. The van der Waals surface area contributed by atoms with E-state index in [2.05, 4.69) is 52.1 Å². The zero-order valence-electron chi connectivity index (χ0n) is 13.5.